The number of nitrogens with one attached hydrogen (secondary N) is 1. The van der Waals surface area contributed by atoms with Crippen molar-refractivity contribution in [2.75, 3.05) is 6.54 Å². The summed E-state index contributed by atoms with van der Waals surface area (Å²) in [6, 6.07) is 7.86. The average molecular weight is 468 g/mol. The molecule has 3 aliphatic rings. The largest absolute Gasteiger partial charge is 0.335 e. The molecule has 4 rings (SSSR count). The van der Waals surface area contributed by atoms with Gasteiger partial charge in [-0.1, -0.05) is 83.6 Å². The van der Waals surface area contributed by atoms with Crippen LogP contribution in [0.25, 0.3) is 0 Å². The van der Waals surface area contributed by atoms with E-state index in [-0.39, 0.29) is 35.9 Å². The third-order valence-corrected chi connectivity index (χ3v) is 8.12. The van der Waals surface area contributed by atoms with Gasteiger partial charge >= 0.3 is 6.03 Å². The standard InChI is InChI=1S/C28H41N3O3/c1-27(2,3)20-15-17-21(18-16-20)28(4)25(33)30(26(34)29-28)19-24(32)31(22-11-7-5-8-12-22)23-13-9-6-10-14-23/h15-18,22-23H,5-14,19H2,1-4H3,(H,29,34). The van der Waals surface area contributed by atoms with Gasteiger partial charge in [0, 0.05) is 12.1 Å². The van der Waals surface area contributed by atoms with E-state index in [1.807, 2.05) is 24.3 Å². The lowest BCUT2D eigenvalue weighted by molar-refractivity contribution is -0.143. The lowest BCUT2D eigenvalue weighted by atomic mass is 9.84. The number of amides is 4. The Kier molecular flexibility index (Phi) is 7.07. The molecule has 1 unspecified atom stereocenters. The molecule has 186 valence electrons. The molecule has 1 heterocycles. The van der Waals surface area contributed by atoms with Crippen molar-refractivity contribution in [2.24, 2.45) is 0 Å². The molecule has 1 aromatic rings. The number of urea groups is 1. The molecule has 6 nitrogen and oxygen atoms in total. The average Bonchev–Trinajstić information content (AvgIpc) is 3.04. The predicted molar refractivity (Wildman–Crippen MR) is 133 cm³/mol. The van der Waals surface area contributed by atoms with Gasteiger partial charge in [0.1, 0.15) is 12.1 Å². The Morgan fingerprint density at radius 3 is 1.91 bits per heavy atom. The first-order valence-electron chi connectivity index (χ1n) is 13.2. The Labute approximate surface area is 204 Å². The second kappa shape index (κ2) is 9.71. The number of carbonyl (C=O) groups is 3. The lowest BCUT2D eigenvalue weighted by Gasteiger charge is -2.42. The summed E-state index contributed by atoms with van der Waals surface area (Å²) in [5, 5.41) is 2.87. The highest BCUT2D eigenvalue weighted by molar-refractivity contribution is 6.09. The third-order valence-electron chi connectivity index (χ3n) is 8.12. The van der Waals surface area contributed by atoms with E-state index in [1.54, 1.807) is 6.92 Å². The third kappa shape index (κ3) is 4.87. The summed E-state index contributed by atoms with van der Waals surface area (Å²) in [4.78, 5) is 43.3. The first-order valence-corrected chi connectivity index (χ1v) is 13.2. The van der Waals surface area contributed by atoms with Crippen molar-refractivity contribution in [3.05, 3.63) is 35.4 Å². The first-order chi connectivity index (χ1) is 16.1. The van der Waals surface area contributed by atoms with Crippen molar-refractivity contribution in [3.63, 3.8) is 0 Å². The van der Waals surface area contributed by atoms with Crippen LogP contribution in [0.15, 0.2) is 24.3 Å². The molecule has 0 radical (unpaired) electrons. The molecule has 1 aromatic carbocycles. The summed E-state index contributed by atoms with van der Waals surface area (Å²) in [7, 11) is 0. The molecule has 1 atom stereocenters. The van der Waals surface area contributed by atoms with Gasteiger partial charge in [-0.3, -0.25) is 14.5 Å². The van der Waals surface area contributed by atoms with Gasteiger partial charge in [-0.15, -0.1) is 0 Å². The zero-order valence-electron chi connectivity index (χ0n) is 21.4. The highest BCUT2D eigenvalue weighted by atomic mass is 16.2. The summed E-state index contributed by atoms with van der Waals surface area (Å²) in [6.07, 6.45) is 11.1. The highest BCUT2D eigenvalue weighted by Crippen LogP contribution is 2.33. The Morgan fingerprint density at radius 1 is 0.941 bits per heavy atom. The molecule has 1 saturated heterocycles. The molecule has 4 amide bonds. The molecule has 1 aliphatic heterocycles. The zero-order valence-corrected chi connectivity index (χ0v) is 21.4. The van der Waals surface area contributed by atoms with Crippen LogP contribution in [0.4, 0.5) is 4.79 Å². The molecule has 6 heteroatoms. The van der Waals surface area contributed by atoms with Crippen LogP contribution < -0.4 is 5.32 Å². The molecule has 2 aliphatic carbocycles. The lowest BCUT2D eigenvalue weighted by Crippen LogP contribution is -2.53. The van der Waals surface area contributed by atoms with E-state index >= 15 is 0 Å². The van der Waals surface area contributed by atoms with E-state index in [1.165, 1.54) is 18.4 Å². The van der Waals surface area contributed by atoms with Crippen molar-refractivity contribution in [1.82, 2.24) is 15.1 Å². The van der Waals surface area contributed by atoms with E-state index in [2.05, 4.69) is 31.0 Å². The Bertz CT molecular complexity index is 890. The zero-order chi connectivity index (χ0) is 24.5. The SMILES string of the molecule is CC(C)(C)c1ccc(C2(C)NC(=O)N(CC(=O)N(C3CCCCC3)C3CCCCC3)C2=O)cc1. The monoisotopic (exact) mass is 467 g/mol. The number of benzene rings is 1. The summed E-state index contributed by atoms with van der Waals surface area (Å²) in [5.74, 6) is -0.420. The number of hydrogen-bond donors (Lipinski definition) is 1. The van der Waals surface area contributed by atoms with E-state index in [9.17, 15) is 14.4 Å². The summed E-state index contributed by atoms with van der Waals surface area (Å²) in [6.45, 7) is 8.00. The molecule has 1 N–H and O–H groups in total. The number of rotatable bonds is 5. The minimum Gasteiger partial charge on any atom is -0.335 e. The molecular formula is C28H41N3O3. The summed E-state index contributed by atoms with van der Waals surface area (Å²) in [5.41, 5.74) is 0.751. The van der Waals surface area contributed by atoms with E-state index in [0.717, 1.165) is 61.8 Å². The van der Waals surface area contributed by atoms with Gasteiger partial charge in [0.25, 0.3) is 5.91 Å². The van der Waals surface area contributed by atoms with Gasteiger partial charge < -0.3 is 10.2 Å². The van der Waals surface area contributed by atoms with Crippen LogP contribution in [-0.2, 0) is 20.5 Å². The van der Waals surface area contributed by atoms with E-state index < -0.39 is 11.6 Å². The van der Waals surface area contributed by atoms with E-state index in [0.29, 0.717) is 0 Å². The van der Waals surface area contributed by atoms with Gasteiger partial charge in [-0.05, 0) is 49.1 Å². The Morgan fingerprint density at radius 2 is 1.44 bits per heavy atom. The second-order valence-corrected chi connectivity index (χ2v) is 11.7. The van der Waals surface area contributed by atoms with Crippen LogP contribution in [0, 0.1) is 0 Å². The maximum Gasteiger partial charge on any atom is 0.325 e. The van der Waals surface area contributed by atoms with Crippen LogP contribution in [0.1, 0.15) is 103 Å². The first kappa shape index (κ1) is 24.7. The summed E-state index contributed by atoms with van der Waals surface area (Å²) < 4.78 is 0. The fraction of sp³-hybridized carbons (Fsp3) is 0.679. The van der Waals surface area contributed by atoms with Gasteiger partial charge in [-0.2, -0.15) is 0 Å². The maximum absolute atomic E-state index is 13.6. The number of carbonyl (C=O) groups excluding carboxylic acids is 3. The molecule has 0 aromatic heterocycles. The maximum atomic E-state index is 13.6. The van der Waals surface area contributed by atoms with E-state index in [4.69, 9.17) is 0 Å². The molecular weight excluding hydrogens is 426 g/mol. The van der Waals surface area contributed by atoms with Crippen molar-refractivity contribution in [3.8, 4) is 0 Å². The highest BCUT2D eigenvalue weighted by Gasteiger charge is 2.50. The minimum atomic E-state index is -1.16. The van der Waals surface area contributed by atoms with Crippen LogP contribution in [0.2, 0.25) is 0 Å². The van der Waals surface area contributed by atoms with Gasteiger partial charge in [0.05, 0.1) is 0 Å². The summed E-state index contributed by atoms with van der Waals surface area (Å²) >= 11 is 0. The normalized spacial score (nSPS) is 24.9. The predicted octanol–water partition coefficient (Wildman–Crippen LogP) is 5.25. The molecule has 0 bridgehead atoms. The van der Waals surface area contributed by atoms with Gasteiger partial charge in [0.2, 0.25) is 5.91 Å². The smallest absolute Gasteiger partial charge is 0.325 e. The molecule has 0 spiro atoms. The van der Waals surface area contributed by atoms with Crippen LogP contribution in [0.3, 0.4) is 0 Å². The van der Waals surface area contributed by atoms with Crippen LogP contribution >= 0.6 is 0 Å². The Hall–Kier alpha value is -2.37. The Balaban J connectivity index is 1.52. The van der Waals surface area contributed by atoms with Crippen LogP contribution in [-0.4, -0.2) is 46.3 Å². The van der Waals surface area contributed by atoms with Gasteiger partial charge in [-0.25, -0.2) is 4.79 Å². The van der Waals surface area contributed by atoms with Crippen molar-refractivity contribution in [2.45, 2.75) is 115 Å². The molecule has 2 saturated carbocycles. The van der Waals surface area contributed by atoms with Gasteiger partial charge in [0.15, 0.2) is 0 Å². The minimum absolute atomic E-state index is 0.00250. The van der Waals surface area contributed by atoms with Crippen molar-refractivity contribution < 1.29 is 14.4 Å². The van der Waals surface area contributed by atoms with Crippen molar-refractivity contribution >= 4 is 17.8 Å². The number of hydrogen-bond acceptors (Lipinski definition) is 3. The van der Waals surface area contributed by atoms with Crippen LogP contribution in [0.5, 0.6) is 0 Å². The fourth-order valence-electron chi connectivity index (χ4n) is 5.98. The fourth-order valence-corrected chi connectivity index (χ4v) is 5.98. The molecule has 3 fully saturated rings. The van der Waals surface area contributed by atoms with Crippen molar-refractivity contribution in [1.29, 1.82) is 0 Å². The molecule has 34 heavy (non-hydrogen) atoms. The quantitative estimate of drug-likeness (QED) is 0.602. The topological polar surface area (TPSA) is 69.7 Å². The second-order valence-electron chi connectivity index (χ2n) is 11.7. The number of imide groups is 1. The number of nitrogens with zero attached hydrogens (tertiary/aromatic N) is 2.